The molecule has 0 unspecified atom stereocenters. The van der Waals surface area contributed by atoms with Crippen LogP contribution in [0.25, 0.3) is 44.5 Å². The maximum Gasteiger partial charge on any atom is 0.144 e. The number of phenols is 1. The number of rotatable bonds is 3. The monoisotopic (exact) mass is 705 g/mol. The van der Waals surface area contributed by atoms with E-state index in [-0.39, 0.29) is 25.9 Å². The maximum atomic E-state index is 9.86. The molecular weight excluding hydrogens is 671 g/mol. The number of aromatic nitrogens is 3. The number of aryl methyl sites for hydroxylation is 4. The molecule has 1 radical (unpaired) electrons. The number of fused-ring (bicyclic) bond motifs is 2. The second-order valence-corrected chi connectivity index (χ2v) is 10.4. The predicted octanol–water partition coefficient (Wildman–Crippen LogP) is 8.69. The van der Waals surface area contributed by atoms with Gasteiger partial charge in [-0.15, -0.1) is 34.9 Å². The van der Waals surface area contributed by atoms with Gasteiger partial charge < -0.3 is 14.7 Å². The van der Waals surface area contributed by atoms with Crippen molar-refractivity contribution < 1.29 is 25.2 Å². The van der Waals surface area contributed by atoms with Gasteiger partial charge in [0.2, 0.25) is 0 Å². The SMILES string of the molecule is Cc1[c-]c(-c2nccc3c(C)c(C(C)C)ccc23)cc(C)c1.Cn1c(-c2ccccc2O)nc2ccccc21.[Ir]. The smallest absolute Gasteiger partial charge is 0.144 e. The van der Waals surface area contributed by atoms with Crippen LogP contribution < -0.4 is 0 Å². The van der Waals surface area contributed by atoms with Crippen molar-refractivity contribution in [2.24, 2.45) is 7.05 Å². The minimum atomic E-state index is 0. The average Bonchev–Trinajstić information content (AvgIpc) is 3.25. The summed E-state index contributed by atoms with van der Waals surface area (Å²) < 4.78 is 1.99. The number of aromatic hydroxyl groups is 1. The van der Waals surface area contributed by atoms with Gasteiger partial charge in [-0.25, -0.2) is 4.98 Å². The molecule has 0 saturated carbocycles. The molecule has 4 nitrogen and oxygen atoms in total. The fourth-order valence-corrected chi connectivity index (χ4v) is 5.33. The molecule has 0 aliphatic carbocycles. The Bertz CT molecular complexity index is 1780. The Hall–Kier alpha value is -3.79. The van der Waals surface area contributed by atoms with E-state index in [0.717, 1.165) is 39.2 Å². The van der Waals surface area contributed by atoms with E-state index in [1.165, 1.54) is 27.5 Å². The van der Waals surface area contributed by atoms with Crippen LogP contribution in [0, 0.1) is 26.8 Å². The van der Waals surface area contributed by atoms with E-state index in [0.29, 0.717) is 5.92 Å². The summed E-state index contributed by atoms with van der Waals surface area (Å²) >= 11 is 0. The zero-order valence-corrected chi connectivity index (χ0v) is 26.2. The van der Waals surface area contributed by atoms with Crippen LogP contribution in [0.2, 0.25) is 0 Å². The van der Waals surface area contributed by atoms with Crippen molar-refractivity contribution in [1.82, 2.24) is 14.5 Å². The third-order valence-electron chi connectivity index (χ3n) is 7.21. The van der Waals surface area contributed by atoms with Crippen molar-refractivity contribution in [3.8, 4) is 28.4 Å². The van der Waals surface area contributed by atoms with Gasteiger partial charge in [0.05, 0.1) is 16.6 Å². The minimum absolute atomic E-state index is 0. The molecule has 2 aromatic heterocycles. The largest absolute Gasteiger partial charge is 0.507 e. The van der Waals surface area contributed by atoms with Crippen molar-refractivity contribution in [2.75, 3.05) is 0 Å². The summed E-state index contributed by atoms with van der Waals surface area (Å²) in [6, 6.07) is 29.5. The molecule has 5 heteroatoms. The van der Waals surface area contributed by atoms with Gasteiger partial charge in [-0.3, -0.25) is 0 Å². The Morgan fingerprint density at radius 1 is 0.850 bits per heavy atom. The molecule has 40 heavy (non-hydrogen) atoms. The maximum absolute atomic E-state index is 9.86. The van der Waals surface area contributed by atoms with Crippen LogP contribution >= 0.6 is 0 Å². The molecule has 0 amide bonds. The fraction of sp³-hybridized carbons (Fsp3) is 0.200. The van der Waals surface area contributed by atoms with Gasteiger partial charge >= 0.3 is 0 Å². The quantitative estimate of drug-likeness (QED) is 0.188. The number of phenolic OH excluding ortho intramolecular Hbond substituents is 1. The zero-order chi connectivity index (χ0) is 27.7. The first kappa shape index (κ1) is 29.2. The molecule has 6 aromatic rings. The van der Waals surface area contributed by atoms with Crippen LogP contribution in [0.1, 0.15) is 42.0 Å². The van der Waals surface area contributed by atoms with Crippen LogP contribution in [0.15, 0.2) is 85.1 Å². The van der Waals surface area contributed by atoms with Crippen LogP contribution in [-0.4, -0.2) is 19.6 Å². The third kappa shape index (κ3) is 5.72. The molecule has 0 fully saturated rings. The van der Waals surface area contributed by atoms with Crippen molar-refractivity contribution in [3.63, 3.8) is 0 Å². The van der Waals surface area contributed by atoms with Gasteiger partial charge in [0.1, 0.15) is 11.6 Å². The minimum Gasteiger partial charge on any atom is -0.507 e. The molecular formula is C35H34IrN3O-. The summed E-state index contributed by atoms with van der Waals surface area (Å²) in [4.78, 5) is 9.19. The van der Waals surface area contributed by atoms with Gasteiger partial charge in [0.25, 0.3) is 0 Å². The number of nitrogens with zero attached hydrogens (tertiary/aromatic N) is 3. The molecule has 0 aliphatic heterocycles. The number of imidazole rings is 1. The van der Waals surface area contributed by atoms with Crippen LogP contribution in [-0.2, 0) is 27.2 Å². The fourth-order valence-electron chi connectivity index (χ4n) is 5.33. The standard InChI is InChI=1S/C21H22N.C14H12N2O.Ir/c1-13(2)18-6-7-20-19(16(18)5)8-9-22-21(20)17-11-14(3)10-15(4)12-17;1-16-12-8-4-3-7-11(12)15-14(16)10-6-2-5-9-13(10)17;/h6-11,13H,1-5H3;2-9,17H,1H3;/q-1;;. The third-order valence-corrected chi connectivity index (χ3v) is 7.21. The molecule has 0 spiro atoms. The Morgan fingerprint density at radius 3 is 2.27 bits per heavy atom. The molecule has 205 valence electrons. The van der Waals surface area contributed by atoms with Gasteiger partial charge in [-0.2, -0.15) is 0 Å². The van der Waals surface area contributed by atoms with Crippen LogP contribution in [0.4, 0.5) is 0 Å². The zero-order valence-electron chi connectivity index (χ0n) is 23.8. The van der Waals surface area contributed by atoms with Gasteiger partial charge in [-0.1, -0.05) is 64.1 Å². The molecule has 1 N–H and O–H groups in total. The molecule has 0 bridgehead atoms. The van der Waals surface area contributed by atoms with Gasteiger partial charge in [0, 0.05) is 33.3 Å². The average molecular weight is 705 g/mol. The summed E-state index contributed by atoms with van der Waals surface area (Å²) in [5.41, 5.74) is 10.0. The molecule has 2 heterocycles. The summed E-state index contributed by atoms with van der Waals surface area (Å²) in [5.74, 6) is 1.57. The number of benzene rings is 4. The van der Waals surface area contributed by atoms with Crippen molar-refractivity contribution in [1.29, 1.82) is 0 Å². The first-order valence-electron chi connectivity index (χ1n) is 13.3. The first-order valence-corrected chi connectivity index (χ1v) is 13.3. The Labute approximate surface area is 250 Å². The number of hydrogen-bond donors (Lipinski definition) is 1. The summed E-state index contributed by atoms with van der Waals surface area (Å²) in [6.07, 6.45) is 1.92. The van der Waals surface area contributed by atoms with E-state index < -0.39 is 0 Å². The summed E-state index contributed by atoms with van der Waals surface area (Å²) in [7, 11) is 1.96. The van der Waals surface area contributed by atoms with Crippen molar-refractivity contribution in [3.05, 3.63) is 113 Å². The molecule has 0 aliphatic rings. The molecule has 4 aromatic carbocycles. The molecule has 0 atom stereocenters. The summed E-state index contributed by atoms with van der Waals surface area (Å²) in [5, 5.41) is 12.4. The Kier molecular flexibility index (Phi) is 8.88. The topological polar surface area (TPSA) is 50.9 Å². The van der Waals surface area contributed by atoms with E-state index in [2.05, 4.69) is 81.0 Å². The van der Waals surface area contributed by atoms with Gasteiger partial charge in [-0.05, 0) is 70.8 Å². The molecule has 0 saturated heterocycles. The van der Waals surface area contributed by atoms with Gasteiger partial charge in [0.15, 0.2) is 0 Å². The second-order valence-electron chi connectivity index (χ2n) is 10.4. The first-order chi connectivity index (χ1) is 18.7. The van der Waals surface area contributed by atoms with Crippen molar-refractivity contribution in [2.45, 2.75) is 40.5 Å². The summed E-state index contributed by atoms with van der Waals surface area (Å²) in [6.45, 7) is 10.9. The van der Waals surface area contributed by atoms with Crippen LogP contribution in [0.3, 0.4) is 0 Å². The second kappa shape index (κ2) is 12.2. The van der Waals surface area contributed by atoms with E-state index >= 15 is 0 Å². The van der Waals surface area contributed by atoms with E-state index in [9.17, 15) is 5.11 Å². The Morgan fingerprint density at radius 2 is 1.57 bits per heavy atom. The number of pyridine rings is 1. The van der Waals surface area contributed by atoms with E-state index in [1.54, 1.807) is 6.07 Å². The van der Waals surface area contributed by atoms with E-state index in [4.69, 9.17) is 0 Å². The number of hydrogen-bond acceptors (Lipinski definition) is 3. The van der Waals surface area contributed by atoms with Crippen LogP contribution in [0.5, 0.6) is 5.75 Å². The Balaban J connectivity index is 0.000000186. The number of para-hydroxylation sites is 3. The predicted molar refractivity (Wildman–Crippen MR) is 162 cm³/mol. The normalized spacial score (nSPS) is 10.9. The molecule has 6 rings (SSSR count). The van der Waals surface area contributed by atoms with E-state index in [1.807, 2.05) is 60.3 Å². The van der Waals surface area contributed by atoms with Crippen molar-refractivity contribution >= 4 is 21.8 Å².